The Hall–Kier alpha value is -2.73. The van der Waals surface area contributed by atoms with Crippen LogP contribution in [0.5, 0.6) is 0 Å². The molecule has 24 heavy (non-hydrogen) atoms. The molecule has 2 N–H and O–H groups in total. The summed E-state index contributed by atoms with van der Waals surface area (Å²) in [6.45, 7) is 1.56. The Morgan fingerprint density at radius 2 is 1.92 bits per heavy atom. The summed E-state index contributed by atoms with van der Waals surface area (Å²) in [5.41, 5.74) is 1.91. The molecule has 6 heteroatoms. The van der Waals surface area contributed by atoms with Gasteiger partial charge in [0.1, 0.15) is 11.9 Å². The van der Waals surface area contributed by atoms with Crippen molar-refractivity contribution in [3.8, 4) is 11.1 Å². The smallest absolute Gasteiger partial charge is 0.256 e. The van der Waals surface area contributed by atoms with Crippen LogP contribution in [0.3, 0.4) is 0 Å². The van der Waals surface area contributed by atoms with Gasteiger partial charge in [-0.1, -0.05) is 24.3 Å². The number of anilines is 1. The summed E-state index contributed by atoms with van der Waals surface area (Å²) in [5, 5.41) is 5.94. The monoisotopic (exact) mass is 325 g/mol. The summed E-state index contributed by atoms with van der Waals surface area (Å²) >= 11 is 0. The van der Waals surface area contributed by atoms with Crippen LogP contribution < -0.4 is 10.6 Å². The molecule has 2 heterocycles. The second-order valence-electron chi connectivity index (χ2n) is 5.95. The van der Waals surface area contributed by atoms with Crippen molar-refractivity contribution in [3.63, 3.8) is 0 Å². The van der Waals surface area contributed by atoms with E-state index in [2.05, 4.69) is 10.6 Å². The molecule has 2 aromatic carbocycles. The van der Waals surface area contributed by atoms with Crippen molar-refractivity contribution in [3.05, 3.63) is 53.8 Å². The number of hydrogen-bond acceptors (Lipinski definition) is 3. The maximum absolute atomic E-state index is 14.0. The van der Waals surface area contributed by atoms with E-state index in [1.165, 1.54) is 6.07 Å². The molecule has 0 saturated carbocycles. The van der Waals surface area contributed by atoms with Gasteiger partial charge in [0.25, 0.3) is 5.91 Å². The number of piperazine rings is 1. The zero-order valence-corrected chi connectivity index (χ0v) is 12.9. The molecule has 0 spiro atoms. The number of fused-ring (bicyclic) bond motifs is 2. The largest absolute Gasteiger partial charge is 0.324 e. The predicted octanol–water partition coefficient (Wildman–Crippen LogP) is 1.86. The number of carbonyl (C=O) groups is 2. The lowest BCUT2D eigenvalue weighted by Crippen LogP contribution is -2.57. The van der Waals surface area contributed by atoms with E-state index >= 15 is 0 Å². The van der Waals surface area contributed by atoms with E-state index < -0.39 is 6.04 Å². The van der Waals surface area contributed by atoms with Crippen LogP contribution in [0.25, 0.3) is 11.1 Å². The molecule has 0 aliphatic carbocycles. The highest BCUT2D eigenvalue weighted by atomic mass is 19.1. The van der Waals surface area contributed by atoms with E-state index in [1.54, 1.807) is 41.3 Å². The number of rotatable bonds is 1. The third kappa shape index (κ3) is 2.35. The van der Waals surface area contributed by atoms with Crippen molar-refractivity contribution in [2.75, 3.05) is 25.0 Å². The Labute approximate surface area is 138 Å². The highest BCUT2D eigenvalue weighted by Gasteiger charge is 2.36. The minimum Gasteiger partial charge on any atom is -0.324 e. The van der Waals surface area contributed by atoms with E-state index in [1.807, 2.05) is 0 Å². The minimum absolute atomic E-state index is 0.201. The Balaban J connectivity index is 1.81. The van der Waals surface area contributed by atoms with Crippen LogP contribution >= 0.6 is 0 Å². The fourth-order valence-corrected chi connectivity index (χ4v) is 3.25. The van der Waals surface area contributed by atoms with Gasteiger partial charge >= 0.3 is 0 Å². The Morgan fingerprint density at radius 3 is 2.75 bits per heavy atom. The number of hydrogen-bond donors (Lipinski definition) is 2. The molecule has 0 radical (unpaired) electrons. The van der Waals surface area contributed by atoms with E-state index in [9.17, 15) is 14.0 Å². The number of carbonyl (C=O) groups excluding carboxylic acids is 2. The van der Waals surface area contributed by atoms with Crippen molar-refractivity contribution in [2.24, 2.45) is 0 Å². The average molecular weight is 325 g/mol. The first-order chi connectivity index (χ1) is 11.6. The average Bonchev–Trinajstić information content (AvgIpc) is 2.71. The fourth-order valence-electron chi connectivity index (χ4n) is 3.25. The summed E-state index contributed by atoms with van der Waals surface area (Å²) in [4.78, 5) is 26.8. The van der Waals surface area contributed by atoms with Gasteiger partial charge in [-0.3, -0.25) is 9.59 Å². The number of nitrogens with zero attached hydrogens (tertiary/aromatic N) is 1. The Bertz CT molecular complexity index is 837. The SMILES string of the molecule is O=C1Nc2ccc(-c3ccccc3F)cc2C(=O)N2CCNCC12. The lowest BCUT2D eigenvalue weighted by Gasteiger charge is -2.33. The molecule has 2 aromatic rings. The molecule has 1 saturated heterocycles. The molecule has 122 valence electrons. The van der Waals surface area contributed by atoms with Crippen molar-refractivity contribution in [2.45, 2.75) is 6.04 Å². The molecule has 0 bridgehead atoms. The molecule has 0 aromatic heterocycles. The van der Waals surface area contributed by atoms with Gasteiger partial charge in [-0.05, 0) is 23.8 Å². The number of nitrogens with one attached hydrogen (secondary N) is 2. The summed E-state index contributed by atoms with van der Waals surface area (Å²) in [6.07, 6.45) is 0. The second-order valence-corrected chi connectivity index (χ2v) is 5.95. The zero-order valence-electron chi connectivity index (χ0n) is 12.9. The number of halogens is 1. The summed E-state index contributed by atoms with van der Waals surface area (Å²) < 4.78 is 14.0. The lowest BCUT2D eigenvalue weighted by molar-refractivity contribution is -0.120. The van der Waals surface area contributed by atoms with Crippen LogP contribution in [0.4, 0.5) is 10.1 Å². The molecule has 1 atom stereocenters. The first-order valence-electron chi connectivity index (χ1n) is 7.86. The first-order valence-corrected chi connectivity index (χ1v) is 7.86. The minimum atomic E-state index is -0.518. The maximum atomic E-state index is 14.0. The first kappa shape index (κ1) is 14.8. The molecule has 2 aliphatic rings. The normalized spacial score (nSPS) is 20.0. The molecular weight excluding hydrogens is 309 g/mol. The Kier molecular flexibility index (Phi) is 3.54. The van der Waals surface area contributed by atoms with Crippen LogP contribution in [0, 0.1) is 5.82 Å². The van der Waals surface area contributed by atoms with Crippen LogP contribution in [-0.4, -0.2) is 42.4 Å². The van der Waals surface area contributed by atoms with Crippen molar-refractivity contribution in [1.29, 1.82) is 0 Å². The molecule has 4 rings (SSSR count). The number of benzene rings is 2. The van der Waals surface area contributed by atoms with Gasteiger partial charge in [-0.2, -0.15) is 0 Å². The van der Waals surface area contributed by atoms with Gasteiger partial charge < -0.3 is 15.5 Å². The Morgan fingerprint density at radius 1 is 1.08 bits per heavy atom. The molecule has 2 aliphatic heterocycles. The van der Waals surface area contributed by atoms with Gasteiger partial charge in [0, 0.05) is 25.2 Å². The van der Waals surface area contributed by atoms with Gasteiger partial charge in [-0.15, -0.1) is 0 Å². The topological polar surface area (TPSA) is 61.4 Å². The van der Waals surface area contributed by atoms with Crippen molar-refractivity contribution in [1.82, 2.24) is 10.2 Å². The van der Waals surface area contributed by atoms with E-state index in [-0.39, 0.29) is 17.6 Å². The van der Waals surface area contributed by atoms with E-state index in [0.717, 1.165) is 0 Å². The van der Waals surface area contributed by atoms with E-state index in [4.69, 9.17) is 0 Å². The molecule has 1 unspecified atom stereocenters. The summed E-state index contributed by atoms with van der Waals surface area (Å²) in [6, 6.07) is 10.9. The molecule has 1 fully saturated rings. The third-order valence-electron chi connectivity index (χ3n) is 4.50. The second kappa shape index (κ2) is 5.72. The quantitative estimate of drug-likeness (QED) is 0.841. The van der Waals surface area contributed by atoms with Crippen LogP contribution in [0.1, 0.15) is 10.4 Å². The predicted molar refractivity (Wildman–Crippen MR) is 88.2 cm³/mol. The van der Waals surface area contributed by atoms with Gasteiger partial charge in [0.05, 0.1) is 11.3 Å². The molecule has 5 nitrogen and oxygen atoms in total. The third-order valence-corrected chi connectivity index (χ3v) is 4.50. The highest BCUT2D eigenvalue weighted by molar-refractivity contribution is 6.10. The van der Waals surface area contributed by atoms with Gasteiger partial charge in [0.2, 0.25) is 5.91 Å². The molecule has 2 amide bonds. The van der Waals surface area contributed by atoms with E-state index in [0.29, 0.717) is 42.0 Å². The summed E-state index contributed by atoms with van der Waals surface area (Å²) in [7, 11) is 0. The fraction of sp³-hybridized carbons (Fsp3) is 0.222. The van der Waals surface area contributed by atoms with Crippen molar-refractivity contribution < 1.29 is 14.0 Å². The summed E-state index contributed by atoms with van der Waals surface area (Å²) in [5.74, 6) is -0.747. The van der Waals surface area contributed by atoms with Crippen LogP contribution in [0.2, 0.25) is 0 Å². The lowest BCUT2D eigenvalue weighted by atomic mass is 10.0. The van der Waals surface area contributed by atoms with Crippen molar-refractivity contribution >= 4 is 17.5 Å². The number of amides is 2. The van der Waals surface area contributed by atoms with Gasteiger partial charge in [-0.25, -0.2) is 4.39 Å². The molecular formula is C18H16FN3O2. The zero-order chi connectivity index (χ0) is 16.7. The van der Waals surface area contributed by atoms with Crippen LogP contribution in [0.15, 0.2) is 42.5 Å². The highest BCUT2D eigenvalue weighted by Crippen LogP contribution is 2.30. The van der Waals surface area contributed by atoms with Gasteiger partial charge in [0.15, 0.2) is 0 Å². The van der Waals surface area contributed by atoms with Crippen LogP contribution in [-0.2, 0) is 4.79 Å². The standard InChI is InChI=1S/C18H16FN3O2/c19-14-4-2-1-3-12(14)11-5-6-15-13(9-11)18(24)22-8-7-20-10-16(22)17(23)21-15/h1-6,9,16,20H,7-8,10H2,(H,21,23). The maximum Gasteiger partial charge on any atom is 0.256 e.